The van der Waals surface area contributed by atoms with E-state index in [1.165, 1.54) is 30.6 Å². The van der Waals surface area contributed by atoms with E-state index in [1.807, 2.05) is 26.2 Å². The van der Waals surface area contributed by atoms with E-state index in [9.17, 15) is 9.59 Å². The number of hydrogen-bond acceptors (Lipinski definition) is 5. The van der Waals surface area contributed by atoms with Gasteiger partial charge in [0.2, 0.25) is 0 Å². The van der Waals surface area contributed by atoms with Gasteiger partial charge in [-0.15, -0.1) is 11.3 Å². The molecule has 29 heavy (non-hydrogen) atoms. The SMILES string of the molecule is CC(C)(C)OC(=O)NC1CCC(N(C(=O)Nc2nccs2)C2CCCCC2)CC1. The summed E-state index contributed by atoms with van der Waals surface area (Å²) >= 11 is 1.44. The standard InChI is InChI=1S/C21H34N4O3S/c1-21(2,3)28-20(27)23-15-9-11-17(12-10-15)25(16-7-5-4-6-8-16)19(26)24-18-22-13-14-29-18/h13-17H,4-12H2,1-3H3,(H,23,27)(H,22,24,26). The van der Waals surface area contributed by atoms with Gasteiger partial charge in [-0.05, 0) is 59.3 Å². The maximum absolute atomic E-state index is 13.1. The van der Waals surface area contributed by atoms with Crippen molar-refractivity contribution in [1.82, 2.24) is 15.2 Å². The summed E-state index contributed by atoms with van der Waals surface area (Å²) in [6, 6.07) is 0.575. The van der Waals surface area contributed by atoms with Gasteiger partial charge >= 0.3 is 12.1 Å². The minimum absolute atomic E-state index is 0.0320. The van der Waals surface area contributed by atoms with Crippen LogP contribution in [0.25, 0.3) is 0 Å². The highest BCUT2D eigenvalue weighted by Gasteiger charge is 2.35. The number of urea groups is 1. The number of hydrogen-bond donors (Lipinski definition) is 2. The number of anilines is 1. The highest BCUT2D eigenvalue weighted by molar-refractivity contribution is 7.13. The van der Waals surface area contributed by atoms with E-state index in [1.54, 1.807) is 6.20 Å². The fraction of sp³-hybridized carbons (Fsp3) is 0.762. The van der Waals surface area contributed by atoms with E-state index in [0.29, 0.717) is 11.2 Å². The van der Waals surface area contributed by atoms with E-state index >= 15 is 0 Å². The number of alkyl carbamates (subject to hydrolysis) is 1. The van der Waals surface area contributed by atoms with Crippen LogP contribution < -0.4 is 10.6 Å². The number of carbonyl (C=O) groups excluding carboxylic acids is 2. The largest absolute Gasteiger partial charge is 0.444 e. The number of amides is 3. The fourth-order valence-corrected chi connectivity index (χ4v) is 4.92. The third-order valence-corrected chi connectivity index (χ3v) is 6.35. The van der Waals surface area contributed by atoms with Crippen molar-refractivity contribution in [1.29, 1.82) is 0 Å². The first kappa shape index (κ1) is 21.9. The Morgan fingerprint density at radius 3 is 2.31 bits per heavy atom. The Morgan fingerprint density at radius 2 is 1.72 bits per heavy atom. The lowest BCUT2D eigenvalue weighted by atomic mass is 9.87. The second kappa shape index (κ2) is 9.78. The summed E-state index contributed by atoms with van der Waals surface area (Å²) in [5.74, 6) is 0. The van der Waals surface area contributed by atoms with Crippen LogP contribution in [0.4, 0.5) is 14.7 Å². The number of carbonyl (C=O) groups is 2. The van der Waals surface area contributed by atoms with Crippen molar-refractivity contribution < 1.29 is 14.3 Å². The molecule has 1 aromatic heterocycles. The van der Waals surface area contributed by atoms with Crippen molar-refractivity contribution in [3.63, 3.8) is 0 Å². The van der Waals surface area contributed by atoms with Gasteiger partial charge in [0.25, 0.3) is 0 Å². The molecule has 0 atom stereocenters. The van der Waals surface area contributed by atoms with E-state index in [2.05, 4.69) is 20.5 Å². The molecule has 7 nitrogen and oxygen atoms in total. The Balaban J connectivity index is 1.58. The van der Waals surface area contributed by atoms with E-state index in [0.717, 1.165) is 38.5 Å². The summed E-state index contributed by atoms with van der Waals surface area (Å²) in [7, 11) is 0. The first-order valence-electron chi connectivity index (χ1n) is 10.8. The quantitative estimate of drug-likeness (QED) is 0.703. The highest BCUT2D eigenvalue weighted by atomic mass is 32.1. The monoisotopic (exact) mass is 422 g/mol. The van der Waals surface area contributed by atoms with Gasteiger partial charge in [-0.3, -0.25) is 5.32 Å². The van der Waals surface area contributed by atoms with Crippen molar-refractivity contribution in [2.24, 2.45) is 0 Å². The van der Waals surface area contributed by atoms with Gasteiger partial charge in [-0.1, -0.05) is 19.3 Å². The summed E-state index contributed by atoms with van der Waals surface area (Å²) < 4.78 is 5.38. The second-order valence-electron chi connectivity index (χ2n) is 9.12. The summed E-state index contributed by atoms with van der Waals surface area (Å²) in [6.07, 6.45) is 10.6. The van der Waals surface area contributed by atoms with Crippen LogP contribution in [-0.4, -0.2) is 45.7 Å². The molecule has 2 aliphatic carbocycles. The van der Waals surface area contributed by atoms with Crippen LogP contribution in [-0.2, 0) is 4.74 Å². The van der Waals surface area contributed by atoms with Crippen molar-refractivity contribution in [2.45, 2.75) is 102 Å². The molecule has 0 aliphatic heterocycles. The summed E-state index contributed by atoms with van der Waals surface area (Å²) in [5, 5.41) is 8.50. The van der Waals surface area contributed by atoms with Crippen molar-refractivity contribution in [3.05, 3.63) is 11.6 Å². The Morgan fingerprint density at radius 1 is 1.07 bits per heavy atom. The van der Waals surface area contributed by atoms with Crippen molar-refractivity contribution >= 4 is 28.6 Å². The molecule has 1 aromatic rings. The van der Waals surface area contributed by atoms with E-state index in [4.69, 9.17) is 4.74 Å². The topological polar surface area (TPSA) is 83.6 Å². The van der Waals surface area contributed by atoms with Crippen LogP contribution in [0.3, 0.4) is 0 Å². The first-order valence-corrected chi connectivity index (χ1v) is 11.7. The van der Waals surface area contributed by atoms with Crippen LogP contribution in [0.15, 0.2) is 11.6 Å². The molecule has 0 spiro atoms. The predicted octanol–water partition coefficient (Wildman–Crippen LogP) is 5.15. The lowest BCUT2D eigenvalue weighted by Crippen LogP contribution is -2.52. The smallest absolute Gasteiger partial charge is 0.407 e. The Kier molecular flexibility index (Phi) is 7.38. The Labute approximate surface area is 177 Å². The van der Waals surface area contributed by atoms with Crippen LogP contribution in [0.2, 0.25) is 0 Å². The lowest BCUT2D eigenvalue weighted by Gasteiger charge is -2.42. The van der Waals surface area contributed by atoms with Gasteiger partial charge < -0.3 is 15.0 Å². The zero-order chi connectivity index (χ0) is 20.9. The predicted molar refractivity (Wildman–Crippen MR) is 115 cm³/mol. The molecule has 162 valence electrons. The van der Waals surface area contributed by atoms with E-state index < -0.39 is 5.60 Å². The molecule has 0 bridgehead atoms. The van der Waals surface area contributed by atoms with Crippen LogP contribution in [0, 0.1) is 0 Å². The maximum atomic E-state index is 13.1. The molecule has 0 saturated heterocycles. The number of ether oxygens (including phenoxy) is 1. The molecule has 3 amide bonds. The molecule has 3 rings (SSSR count). The molecule has 0 radical (unpaired) electrons. The van der Waals surface area contributed by atoms with Gasteiger partial charge in [0.05, 0.1) is 0 Å². The van der Waals surface area contributed by atoms with Crippen molar-refractivity contribution in [2.75, 3.05) is 5.32 Å². The molecule has 8 heteroatoms. The van der Waals surface area contributed by atoms with E-state index in [-0.39, 0.29) is 24.2 Å². The third kappa shape index (κ3) is 6.59. The Bertz CT molecular complexity index is 660. The molecular formula is C21H34N4O3S. The zero-order valence-electron chi connectivity index (χ0n) is 17.8. The van der Waals surface area contributed by atoms with Crippen LogP contribution in [0.5, 0.6) is 0 Å². The molecule has 2 fully saturated rings. The summed E-state index contributed by atoms with van der Waals surface area (Å²) in [4.78, 5) is 31.5. The zero-order valence-corrected chi connectivity index (χ0v) is 18.6. The van der Waals surface area contributed by atoms with Crippen LogP contribution >= 0.6 is 11.3 Å². The van der Waals surface area contributed by atoms with Crippen molar-refractivity contribution in [3.8, 4) is 0 Å². The van der Waals surface area contributed by atoms with Gasteiger partial charge in [0.1, 0.15) is 5.60 Å². The first-order chi connectivity index (χ1) is 13.8. The molecule has 0 unspecified atom stereocenters. The lowest BCUT2D eigenvalue weighted by molar-refractivity contribution is 0.0471. The third-order valence-electron chi connectivity index (χ3n) is 5.66. The van der Waals surface area contributed by atoms with Crippen LogP contribution in [0.1, 0.15) is 78.6 Å². The van der Waals surface area contributed by atoms with Gasteiger partial charge in [-0.25, -0.2) is 14.6 Å². The Hall–Kier alpha value is -1.83. The number of rotatable bonds is 4. The average Bonchev–Trinajstić information content (AvgIpc) is 3.15. The highest BCUT2D eigenvalue weighted by Crippen LogP contribution is 2.31. The van der Waals surface area contributed by atoms with Gasteiger partial charge in [0.15, 0.2) is 5.13 Å². The molecule has 2 N–H and O–H groups in total. The molecule has 0 aromatic carbocycles. The molecular weight excluding hydrogens is 388 g/mol. The minimum atomic E-state index is -0.493. The second-order valence-corrected chi connectivity index (χ2v) is 10.0. The minimum Gasteiger partial charge on any atom is -0.444 e. The number of nitrogens with one attached hydrogen (secondary N) is 2. The molecule has 2 aliphatic rings. The average molecular weight is 423 g/mol. The molecule has 1 heterocycles. The summed E-state index contributed by atoms with van der Waals surface area (Å²) in [5.41, 5.74) is -0.493. The van der Waals surface area contributed by atoms with Gasteiger partial charge in [0, 0.05) is 29.7 Å². The number of nitrogens with zero attached hydrogens (tertiary/aromatic N) is 2. The number of thiazole rings is 1. The van der Waals surface area contributed by atoms with Gasteiger partial charge in [-0.2, -0.15) is 0 Å². The summed E-state index contributed by atoms with van der Waals surface area (Å²) in [6.45, 7) is 5.60. The fourth-order valence-electron chi connectivity index (χ4n) is 4.40. The maximum Gasteiger partial charge on any atom is 0.407 e. The normalized spacial score (nSPS) is 23.3. The number of aromatic nitrogens is 1. The molecule has 2 saturated carbocycles.